The molecule has 2 aliphatic rings. The highest BCUT2D eigenvalue weighted by molar-refractivity contribution is 7.98. The lowest BCUT2D eigenvalue weighted by atomic mass is 10.1. The van der Waals surface area contributed by atoms with Crippen LogP contribution in [0.15, 0.2) is 0 Å². The van der Waals surface area contributed by atoms with Gasteiger partial charge in [0, 0.05) is 0 Å². The van der Waals surface area contributed by atoms with Gasteiger partial charge in [0.05, 0.1) is 6.54 Å². The van der Waals surface area contributed by atoms with Crippen molar-refractivity contribution in [2.45, 2.75) is 89.2 Å². The number of hydrogen-bond donors (Lipinski definition) is 11. The summed E-state index contributed by atoms with van der Waals surface area (Å²) < 4.78 is 4.85. The Balaban J connectivity index is -0.000000520. The van der Waals surface area contributed by atoms with E-state index in [0.717, 1.165) is 44.5 Å². The molecule has 2 heterocycles. The topological polar surface area (TPSA) is 341 Å². The van der Waals surface area contributed by atoms with Crippen molar-refractivity contribution in [1.82, 2.24) is 10.6 Å². The second-order valence-electron chi connectivity index (χ2n) is 10.1. The molecule has 2 fully saturated rings. The van der Waals surface area contributed by atoms with Crippen molar-refractivity contribution in [3.05, 3.63) is 0 Å². The van der Waals surface area contributed by atoms with Gasteiger partial charge in [-0.25, -0.2) is 0 Å². The Morgan fingerprint density at radius 3 is 1.40 bits per heavy atom. The van der Waals surface area contributed by atoms with Crippen LogP contribution in [0.2, 0.25) is 0 Å². The Bertz CT molecular complexity index is 844. The second kappa shape index (κ2) is 27.3. The van der Waals surface area contributed by atoms with Gasteiger partial charge in [-0.05, 0) is 70.0 Å². The third-order valence-electron chi connectivity index (χ3n) is 5.92. The highest BCUT2D eigenvalue weighted by Gasteiger charge is 2.26. The maximum absolute atomic E-state index is 11.4. The molecule has 0 amide bonds. The van der Waals surface area contributed by atoms with Gasteiger partial charge >= 0.3 is 35.8 Å². The molecule has 0 aliphatic carbocycles. The van der Waals surface area contributed by atoms with Gasteiger partial charge in [-0.15, -0.1) is 0 Å². The number of hydrogen-bond acceptors (Lipinski definition) is 14. The van der Waals surface area contributed by atoms with Crippen LogP contribution in [0, 0.1) is 5.92 Å². The number of carbonyl (C=O) groups is 6. The summed E-state index contributed by atoms with van der Waals surface area (Å²) in [7, 11) is 0. The summed E-state index contributed by atoms with van der Waals surface area (Å²) in [6.07, 6.45) is 5.08. The maximum atomic E-state index is 11.4. The van der Waals surface area contributed by atoms with Crippen molar-refractivity contribution in [1.29, 1.82) is 0 Å². The van der Waals surface area contributed by atoms with E-state index in [2.05, 4.69) is 16.4 Å². The minimum absolute atomic E-state index is 0.0208. The summed E-state index contributed by atoms with van der Waals surface area (Å²) in [6.45, 7) is 6.42. The van der Waals surface area contributed by atoms with E-state index in [-0.39, 0.29) is 24.5 Å². The summed E-state index contributed by atoms with van der Waals surface area (Å²) in [5, 5.41) is 46.8. The van der Waals surface area contributed by atoms with Gasteiger partial charge in [0.15, 0.2) is 0 Å². The van der Waals surface area contributed by atoms with E-state index < -0.39 is 60.0 Å². The largest absolute Gasteiger partial charge is 0.480 e. The Hall–Kier alpha value is -3.07. The van der Waals surface area contributed by atoms with Crippen LogP contribution in [0.5, 0.6) is 0 Å². The molecule has 19 heteroatoms. The number of carbonyl (C=O) groups excluding carboxylic acids is 1. The number of carboxylic acids is 5. The lowest BCUT2D eigenvalue weighted by Crippen LogP contribution is -2.45. The molecule has 0 radical (unpaired) electrons. The standard InChI is InChI=1S/C9H18N2O4S.2C5H9NO2.C5H11NO2.C2H5NO2/c1-5(7(11)8(12)13)15-9(14)6(10)3-4-16-2;2*7-5(8)4-2-1-3-6-4;1-3(2)4(6)5(7)8;3-1-2(4)5/h5-7H,3-4,10-11H2,1-2H3,(H,12,13);2*4,6H,1-3H2,(H,7,8);3-4H,6H2,1-2H3,(H,7,8);1,3H2,(H,4,5)/t5-,6+,7+;3*4-;/m1000./s1. The van der Waals surface area contributed by atoms with E-state index in [1.54, 1.807) is 25.6 Å². The molecule has 0 aromatic heterocycles. The van der Waals surface area contributed by atoms with Crippen molar-refractivity contribution < 1.29 is 59.0 Å². The minimum atomic E-state index is -1.23. The summed E-state index contributed by atoms with van der Waals surface area (Å²) in [5.74, 6) is -4.39. The molecule has 0 aromatic carbocycles. The molecule has 15 N–H and O–H groups in total. The lowest BCUT2D eigenvalue weighted by molar-refractivity contribution is -0.155. The fourth-order valence-corrected chi connectivity index (χ4v) is 3.47. The van der Waals surface area contributed by atoms with Crippen LogP contribution in [0.4, 0.5) is 0 Å². The first kappa shape index (κ1) is 46.3. The molecular formula is C26H52N6O12S. The van der Waals surface area contributed by atoms with Crippen molar-refractivity contribution in [3.8, 4) is 0 Å². The van der Waals surface area contributed by atoms with Crippen LogP contribution in [0.3, 0.4) is 0 Å². The van der Waals surface area contributed by atoms with E-state index in [1.807, 2.05) is 6.26 Å². The summed E-state index contributed by atoms with van der Waals surface area (Å²) >= 11 is 1.57. The lowest BCUT2D eigenvalue weighted by Gasteiger charge is -2.19. The van der Waals surface area contributed by atoms with Crippen LogP contribution < -0.4 is 33.6 Å². The number of ether oxygens (including phenoxy) is 1. The van der Waals surface area contributed by atoms with Gasteiger partial charge in [0.2, 0.25) is 0 Å². The zero-order valence-electron chi connectivity index (χ0n) is 26.2. The number of aliphatic carboxylic acids is 5. The van der Waals surface area contributed by atoms with Crippen LogP contribution in [-0.4, -0.2) is 129 Å². The Labute approximate surface area is 267 Å². The van der Waals surface area contributed by atoms with Gasteiger partial charge < -0.3 is 63.8 Å². The van der Waals surface area contributed by atoms with Crippen molar-refractivity contribution in [3.63, 3.8) is 0 Å². The highest BCUT2D eigenvalue weighted by Crippen LogP contribution is 2.05. The zero-order chi connectivity index (χ0) is 35.7. The molecule has 6 atom stereocenters. The van der Waals surface area contributed by atoms with E-state index in [0.29, 0.717) is 6.42 Å². The number of carboxylic acid groups (broad SMARTS) is 5. The first-order chi connectivity index (χ1) is 20.8. The smallest absolute Gasteiger partial charge is 0.324 e. The molecule has 2 saturated heterocycles. The summed E-state index contributed by atoms with van der Waals surface area (Å²) in [4.78, 5) is 61.4. The van der Waals surface area contributed by atoms with E-state index in [9.17, 15) is 28.8 Å². The fourth-order valence-electron chi connectivity index (χ4n) is 2.98. The van der Waals surface area contributed by atoms with Crippen molar-refractivity contribution in [2.24, 2.45) is 28.9 Å². The summed E-state index contributed by atoms with van der Waals surface area (Å²) in [6, 6.07) is -3.20. The first-order valence-electron chi connectivity index (χ1n) is 14.1. The van der Waals surface area contributed by atoms with Crippen LogP contribution >= 0.6 is 11.8 Å². The normalized spacial score (nSPS) is 19.1. The van der Waals surface area contributed by atoms with Gasteiger partial charge in [0.25, 0.3) is 0 Å². The molecule has 264 valence electrons. The Morgan fingerprint density at radius 1 is 0.800 bits per heavy atom. The van der Waals surface area contributed by atoms with E-state index in [4.69, 9.17) is 47.5 Å². The Morgan fingerprint density at radius 2 is 1.20 bits per heavy atom. The minimum Gasteiger partial charge on any atom is -0.480 e. The van der Waals surface area contributed by atoms with Crippen molar-refractivity contribution in [2.75, 3.05) is 31.6 Å². The molecule has 0 aromatic rings. The molecule has 0 unspecified atom stereocenters. The maximum Gasteiger partial charge on any atom is 0.324 e. The predicted molar refractivity (Wildman–Crippen MR) is 167 cm³/mol. The van der Waals surface area contributed by atoms with Crippen LogP contribution in [0.25, 0.3) is 0 Å². The molecule has 0 bridgehead atoms. The SMILES string of the molecule is CC(C)[C@H](N)C(=O)O.CSCC[C@H](N)C(=O)O[C@H](C)[C@H](N)C(=O)O.NCC(=O)O.O=C(O)[C@@H]1CCCN1.O=C(O)[C@@H]1CCCN1. The number of nitrogens with one attached hydrogen (secondary N) is 2. The quantitative estimate of drug-likeness (QED) is 0.101. The van der Waals surface area contributed by atoms with Crippen LogP contribution in [-0.2, 0) is 33.5 Å². The van der Waals surface area contributed by atoms with Gasteiger partial charge in [-0.1, -0.05) is 13.8 Å². The Kier molecular flexibility index (Phi) is 28.1. The monoisotopic (exact) mass is 672 g/mol. The molecule has 2 aliphatic heterocycles. The average molecular weight is 673 g/mol. The fraction of sp³-hybridized carbons (Fsp3) is 0.769. The number of rotatable bonds is 12. The van der Waals surface area contributed by atoms with Gasteiger partial charge in [-0.3, -0.25) is 28.8 Å². The summed E-state index contributed by atoms with van der Waals surface area (Å²) in [5.41, 5.74) is 20.6. The highest BCUT2D eigenvalue weighted by atomic mass is 32.2. The first-order valence-corrected chi connectivity index (χ1v) is 15.5. The third kappa shape index (κ3) is 25.9. The van der Waals surface area contributed by atoms with Gasteiger partial charge in [0.1, 0.15) is 36.3 Å². The van der Waals surface area contributed by atoms with E-state index in [1.165, 1.54) is 6.92 Å². The molecule has 18 nitrogen and oxygen atoms in total. The molecular weight excluding hydrogens is 620 g/mol. The number of thioether (sulfide) groups is 1. The van der Waals surface area contributed by atoms with E-state index >= 15 is 0 Å². The average Bonchev–Trinajstić information content (AvgIpc) is 3.71. The molecule has 0 spiro atoms. The second-order valence-corrected chi connectivity index (χ2v) is 11.1. The number of esters is 1. The predicted octanol–water partition coefficient (Wildman–Crippen LogP) is -1.86. The number of nitrogens with two attached hydrogens (primary N) is 4. The van der Waals surface area contributed by atoms with Crippen LogP contribution in [0.1, 0.15) is 52.9 Å². The molecule has 45 heavy (non-hydrogen) atoms. The van der Waals surface area contributed by atoms with Crippen molar-refractivity contribution >= 4 is 47.6 Å². The molecule has 2 rings (SSSR count). The molecule has 0 saturated carbocycles. The van der Waals surface area contributed by atoms with Gasteiger partial charge in [-0.2, -0.15) is 11.8 Å². The zero-order valence-corrected chi connectivity index (χ0v) is 27.0. The third-order valence-corrected chi connectivity index (χ3v) is 6.57.